The van der Waals surface area contributed by atoms with Gasteiger partial charge in [-0.05, 0) is 6.07 Å². The third-order valence-corrected chi connectivity index (χ3v) is 2.66. The van der Waals surface area contributed by atoms with Gasteiger partial charge in [-0.1, -0.05) is 6.07 Å². The van der Waals surface area contributed by atoms with Crippen molar-refractivity contribution >= 4 is 11.5 Å². The van der Waals surface area contributed by atoms with Crippen LogP contribution < -0.4 is 0 Å². The molecule has 0 spiro atoms. The summed E-state index contributed by atoms with van der Waals surface area (Å²) in [5.41, 5.74) is -0.477. The first-order chi connectivity index (χ1) is 8.09. The predicted octanol–water partition coefficient (Wildman–Crippen LogP) is 2.15. The molecule has 1 aliphatic rings. The highest BCUT2D eigenvalue weighted by Gasteiger charge is 2.30. The van der Waals surface area contributed by atoms with Crippen molar-refractivity contribution < 1.29 is 18.8 Å². The lowest BCUT2D eigenvalue weighted by molar-refractivity contribution is -0.386. The van der Waals surface area contributed by atoms with E-state index in [1.165, 1.54) is 12.1 Å². The van der Waals surface area contributed by atoms with Crippen LogP contribution in [0.1, 0.15) is 24.5 Å². The predicted molar refractivity (Wildman–Crippen MR) is 56.0 cm³/mol. The van der Waals surface area contributed by atoms with Gasteiger partial charge in [-0.2, -0.15) is 0 Å². The van der Waals surface area contributed by atoms with Gasteiger partial charge >= 0.3 is 0 Å². The van der Waals surface area contributed by atoms with Crippen molar-refractivity contribution in [1.82, 2.24) is 0 Å². The topological polar surface area (TPSA) is 69.4 Å². The normalized spacial score (nSPS) is 20.3. The molecule has 0 radical (unpaired) electrons. The highest BCUT2D eigenvalue weighted by Crippen LogP contribution is 2.34. The highest BCUT2D eigenvalue weighted by molar-refractivity contribution is 5.80. The third kappa shape index (κ3) is 2.31. The second kappa shape index (κ2) is 4.58. The van der Waals surface area contributed by atoms with Gasteiger partial charge in [-0.15, -0.1) is 0 Å². The van der Waals surface area contributed by atoms with Gasteiger partial charge in [0.2, 0.25) is 0 Å². The largest absolute Gasteiger partial charge is 0.372 e. The van der Waals surface area contributed by atoms with Crippen LogP contribution in [-0.4, -0.2) is 17.3 Å². The Balaban J connectivity index is 2.42. The second-order valence-corrected chi connectivity index (χ2v) is 3.78. The molecule has 1 unspecified atom stereocenters. The number of Topliss-reactive ketones (excluding diaryl/α,β-unsaturated/α-hetero) is 1. The maximum absolute atomic E-state index is 13.6. The first kappa shape index (κ1) is 11.7. The molecule has 1 heterocycles. The van der Waals surface area contributed by atoms with Crippen molar-refractivity contribution in [1.29, 1.82) is 0 Å². The van der Waals surface area contributed by atoms with E-state index in [1.54, 1.807) is 0 Å². The molecule has 0 amide bonds. The van der Waals surface area contributed by atoms with Crippen LogP contribution in [-0.2, 0) is 9.53 Å². The Morgan fingerprint density at radius 2 is 2.24 bits per heavy atom. The molecule has 1 aliphatic heterocycles. The smallest absolute Gasteiger partial charge is 0.278 e. The molecule has 0 aromatic heterocycles. The Morgan fingerprint density at radius 1 is 1.47 bits per heavy atom. The summed E-state index contributed by atoms with van der Waals surface area (Å²) in [7, 11) is 0. The number of nitro benzene ring substituents is 1. The summed E-state index contributed by atoms with van der Waals surface area (Å²) in [6, 6.07) is 3.60. The molecule has 0 aliphatic carbocycles. The van der Waals surface area contributed by atoms with Gasteiger partial charge in [0, 0.05) is 18.9 Å². The van der Waals surface area contributed by atoms with E-state index in [4.69, 9.17) is 4.74 Å². The quantitative estimate of drug-likeness (QED) is 0.585. The number of carbonyl (C=O) groups is 1. The molecule has 1 aromatic rings. The van der Waals surface area contributed by atoms with E-state index in [2.05, 4.69) is 0 Å². The van der Waals surface area contributed by atoms with Gasteiger partial charge in [0.25, 0.3) is 5.69 Å². The molecule has 1 atom stereocenters. The number of nitro groups is 1. The van der Waals surface area contributed by atoms with Crippen LogP contribution in [0.15, 0.2) is 18.2 Å². The molecule has 5 nitrogen and oxygen atoms in total. The van der Waals surface area contributed by atoms with Gasteiger partial charge in [0.05, 0.1) is 23.2 Å². The fraction of sp³-hybridized carbons (Fsp3) is 0.364. The monoisotopic (exact) mass is 239 g/mol. The van der Waals surface area contributed by atoms with E-state index in [9.17, 15) is 19.3 Å². The van der Waals surface area contributed by atoms with Gasteiger partial charge < -0.3 is 4.74 Å². The Morgan fingerprint density at radius 3 is 2.88 bits per heavy atom. The van der Waals surface area contributed by atoms with E-state index in [1.807, 2.05) is 0 Å². The van der Waals surface area contributed by atoms with Gasteiger partial charge in [0.1, 0.15) is 11.6 Å². The van der Waals surface area contributed by atoms with E-state index in [0.29, 0.717) is 0 Å². The minimum Gasteiger partial charge on any atom is -0.372 e. The molecular weight excluding hydrogens is 229 g/mol. The van der Waals surface area contributed by atoms with Gasteiger partial charge in [-0.3, -0.25) is 14.9 Å². The van der Waals surface area contributed by atoms with Crippen molar-refractivity contribution in [2.75, 3.05) is 6.61 Å². The zero-order valence-electron chi connectivity index (χ0n) is 8.89. The molecule has 17 heavy (non-hydrogen) atoms. The summed E-state index contributed by atoms with van der Waals surface area (Å²) in [6.45, 7) is 0.176. The lowest BCUT2D eigenvalue weighted by Crippen LogP contribution is -2.21. The number of carbonyl (C=O) groups excluding carboxylic acids is 1. The third-order valence-electron chi connectivity index (χ3n) is 2.66. The first-order valence-corrected chi connectivity index (χ1v) is 5.15. The molecule has 0 bridgehead atoms. The van der Waals surface area contributed by atoms with Crippen LogP contribution in [0.25, 0.3) is 0 Å². The first-order valence-electron chi connectivity index (χ1n) is 5.15. The molecule has 2 rings (SSSR count). The number of ketones is 1. The van der Waals surface area contributed by atoms with Crippen LogP contribution in [0.4, 0.5) is 10.1 Å². The van der Waals surface area contributed by atoms with Crippen LogP contribution in [0.3, 0.4) is 0 Å². The Kier molecular flexibility index (Phi) is 3.14. The summed E-state index contributed by atoms with van der Waals surface area (Å²) in [5.74, 6) is -0.780. The van der Waals surface area contributed by atoms with Crippen molar-refractivity contribution in [3.63, 3.8) is 0 Å². The van der Waals surface area contributed by atoms with Crippen molar-refractivity contribution in [3.8, 4) is 0 Å². The summed E-state index contributed by atoms with van der Waals surface area (Å²) in [4.78, 5) is 21.4. The number of hydrogen-bond acceptors (Lipinski definition) is 4. The molecule has 0 saturated carbocycles. The molecule has 1 aromatic carbocycles. The van der Waals surface area contributed by atoms with Gasteiger partial charge in [0.15, 0.2) is 0 Å². The average molecular weight is 239 g/mol. The Bertz CT molecular complexity index is 475. The minimum absolute atomic E-state index is 0.0121. The molecule has 90 valence electrons. The molecule has 1 fully saturated rings. The highest BCUT2D eigenvalue weighted by atomic mass is 19.1. The lowest BCUT2D eigenvalue weighted by atomic mass is 9.98. The summed E-state index contributed by atoms with van der Waals surface area (Å²) < 4.78 is 18.9. The van der Waals surface area contributed by atoms with E-state index in [-0.39, 0.29) is 36.5 Å². The van der Waals surface area contributed by atoms with Crippen molar-refractivity contribution in [2.45, 2.75) is 18.9 Å². The van der Waals surface area contributed by atoms with E-state index < -0.39 is 16.8 Å². The fourth-order valence-electron chi connectivity index (χ4n) is 1.87. The van der Waals surface area contributed by atoms with Crippen molar-refractivity contribution in [2.24, 2.45) is 0 Å². The number of halogens is 1. The van der Waals surface area contributed by atoms with Crippen LogP contribution in [0, 0.1) is 15.9 Å². The number of ether oxygens (including phenoxy) is 1. The SMILES string of the molecule is O=C1CCOC(c2c(F)cccc2[N+](=O)[O-])C1. The second-order valence-electron chi connectivity index (χ2n) is 3.78. The van der Waals surface area contributed by atoms with Gasteiger partial charge in [-0.25, -0.2) is 4.39 Å². The summed E-state index contributed by atoms with van der Waals surface area (Å²) in [5, 5.41) is 10.8. The zero-order valence-corrected chi connectivity index (χ0v) is 8.89. The zero-order chi connectivity index (χ0) is 12.4. The maximum atomic E-state index is 13.6. The number of benzene rings is 1. The molecule has 1 saturated heterocycles. The summed E-state index contributed by atoms with van der Waals surface area (Å²) >= 11 is 0. The standard InChI is InChI=1S/C11H10FNO4/c12-8-2-1-3-9(13(15)16)11(8)10-6-7(14)4-5-17-10/h1-3,10H,4-6H2. The number of rotatable bonds is 2. The van der Waals surface area contributed by atoms with E-state index >= 15 is 0 Å². The Hall–Kier alpha value is -1.82. The number of nitrogens with zero attached hydrogens (tertiary/aromatic N) is 1. The van der Waals surface area contributed by atoms with E-state index in [0.717, 1.165) is 6.07 Å². The average Bonchev–Trinajstić information content (AvgIpc) is 2.28. The van der Waals surface area contributed by atoms with Crippen LogP contribution in [0.5, 0.6) is 0 Å². The molecule has 0 N–H and O–H groups in total. The molecular formula is C11H10FNO4. The van der Waals surface area contributed by atoms with Crippen molar-refractivity contribution in [3.05, 3.63) is 39.7 Å². The minimum atomic E-state index is -0.849. The molecule has 6 heteroatoms. The number of hydrogen-bond donors (Lipinski definition) is 0. The Labute approximate surface area is 96.3 Å². The van der Waals surface area contributed by atoms with Crippen LogP contribution in [0.2, 0.25) is 0 Å². The fourth-order valence-corrected chi connectivity index (χ4v) is 1.87. The summed E-state index contributed by atoms with van der Waals surface area (Å²) in [6.07, 6.45) is -0.585. The maximum Gasteiger partial charge on any atom is 0.278 e. The van der Waals surface area contributed by atoms with Crippen LogP contribution >= 0.6 is 0 Å². The lowest BCUT2D eigenvalue weighted by Gasteiger charge is -2.22.